The summed E-state index contributed by atoms with van der Waals surface area (Å²) in [6.45, 7) is 4.96. The molecule has 0 aromatic heterocycles. The number of hydrogen-bond donors (Lipinski definition) is 7. The molecule has 6 atom stereocenters. The SMILES string of the molecule is CCC(C)C(N)C(=O)NC(CS)C(=O)NC(CCSC)C(=O)NC(C(=O)O)C(C)O. The molecule has 3 amide bonds. The molecule has 10 nitrogen and oxygen atoms in total. The summed E-state index contributed by atoms with van der Waals surface area (Å²) in [5.41, 5.74) is 5.89. The zero-order chi connectivity index (χ0) is 23.4. The third-order valence-electron chi connectivity index (χ3n) is 4.67. The van der Waals surface area contributed by atoms with Crippen LogP contribution in [0.1, 0.15) is 33.6 Å². The van der Waals surface area contributed by atoms with E-state index < -0.39 is 54.0 Å². The Morgan fingerprint density at radius 3 is 2.00 bits per heavy atom. The number of nitrogens with two attached hydrogens (primary N) is 1. The Kier molecular flexibility index (Phi) is 13.8. The fraction of sp³-hybridized carbons (Fsp3) is 0.778. The average Bonchev–Trinajstić information content (AvgIpc) is 2.70. The summed E-state index contributed by atoms with van der Waals surface area (Å²) in [4.78, 5) is 48.7. The lowest BCUT2D eigenvalue weighted by molar-refractivity contribution is -0.145. The number of aliphatic carboxylic acids is 1. The lowest BCUT2D eigenvalue weighted by Gasteiger charge is -2.25. The molecule has 0 rings (SSSR count). The summed E-state index contributed by atoms with van der Waals surface area (Å²) < 4.78 is 0. The molecule has 0 aliphatic carbocycles. The molecule has 0 saturated heterocycles. The molecule has 0 aromatic rings. The highest BCUT2D eigenvalue weighted by molar-refractivity contribution is 7.98. The summed E-state index contributed by atoms with van der Waals surface area (Å²) >= 11 is 5.54. The Morgan fingerprint density at radius 2 is 1.57 bits per heavy atom. The van der Waals surface area contributed by atoms with Gasteiger partial charge in [-0.2, -0.15) is 24.4 Å². The van der Waals surface area contributed by atoms with Gasteiger partial charge in [0.05, 0.1) is 12.1 Å². The van der Waals surface area contributed by atoms with Gasteiger partial charge in [0.15, 0.2) is 6.04 Å². The van der Waals surface area contributed by atoms with Crippen molar-refractivity contribution in [2.45, 2.75) is 63.9 Å². The van der Waals surface area contributed by atoms with Crippen LogP contribution in [0.4, 0.5) is 0 Å². The highest BCUT2D eigenvalue weighted by atomic mass is 32.2. The van der Waals surface area contributed by atoms with Crippen LogP contribution >= 0.6 is 24.4 Å². The van der Waals surface area contributed by atoms with Crippen LogP contribution in [0.25, 0.3) is 0 Å². The molecule has 7 N–H and O–H groups in total. The number of amides is 3. The maximum absolute atomic E-state index is 12.6. The van der Waals surface area contributed by atoms with Gasteiger partial charge in [0.25, 0.3) is 0 Å². The van der Waals surface area contributed by atoms with Crippen molar-refractivity contribution < 1.29 is 29.4 Å². The molecule has 12 heteroatoms. The number of rotatable bonds is 14. The summed E-state index contributed by atoms with van der Waals surface area (Å²) in [6.07, 6.45) is 1.41. The minimum absolute atomic E-state index is 0.0207. The van der Waals surface area contributed by atoms with Gasteiger partial charge in [-0.1, -0.05) is 20.3 Å². The molecule has 0 radical (unpaired) electrons. The Balaban J connectivity index is 5.23. The van der Waals surface area contributed by atoms with E-state index in [4.69, 9.17) is 10.8 Å². The molecule has 0 saturated carbocycles. The van der Waals surface area contributed by atoms with Crippen LogP contribution in [0.3, 0.4) is 0 Å². The quantitative estimate of drug-likeness (QED) is 0.159. The third kappa shape index (κ3) is 9.54. The van der Waals surface area contributed by atoms with E-state index in [1.54, 1.807) is 0 Å². The normalized spacial score (nSPS) is 17.0. The second-order valence-corrected chi connectivity index (χ2v) is 8.41. The number of carbonyl (C=O) groups is 4. The van der Waals surface area contributed by atoms with E-state index in [0.29, 0.717) is 12.2 Å². The number of hydrogen-bond acceptors (Lipinski definition) is 8. The van der Waals surface area contributed by atoms with E-state index >= 15 is 0 Å². The van der Waals surface area contributed by atoms with Gasteiger partial charge < -0.3 is 31.9 Å². The molecule has 0 bridgehead atoms. The number of aliphatic hydroxyl groups is 1. The molecule has 174 valence electrons. The van der Waals surface area contributed by atoms with E-state index in [1.165, 1.54) is 18.7 Å². The number of thioether (sulfide) groups is 1. The maximum Gasteiger partial charge on any atom is 0.328 e. The highest BCUT2D eigenvalue weighted by Crippen LogP contribution is 2.07. The number of thiol groups is 1. The van der Waals surface area contributed by atoms with Crippen LogP contribution in [0.5, 0.6) is 0 Å². The summed E-state index contributed by atoms with van der Waals surface area (Å²) in [7, 11) is 0. The number of aliphatic hydroxyl groups excluding tert-OH is 1. The standard InChI is InChI=1S/C18H34N4O6S2/c1-5-9(2)13(19)17(26)21-12(8-29)16(25)20-11(6-7-30-4)15(24)22-14(10(3)23)18(27)28/h9-14,23,29H,5-8,19H2,1-4H3,(H,20,25)(H,21,26)(H,22,24)(H,27,28). The Bertz CT molecular complexity index is 593. The molecule has 0 fully saturated rings. The molecule has 0 spiro atoms. The van der Waals surface area contributed by atoms with Crippen molar-refractivity contribution in [3.8, 4) is 0 Å². The van der Waals surface area contributed by atoms with Crippen LogP contribution in [0.15, 0.2) is 0 Å². The zero-order valence-electron chi connectivity index (χ0n) is 17.8. The van der Waals surface area contributed by atoms with E-state index in [0.717, 1.165) is 0 Å². The van der Waals surface area contributed by atoms with Gasteiger partial charge in [-0.25, -0.2) is 4.79 Å². The van der Waals surface area contributed by atoms with Gasteiger partial charge in [0.1, 0.15) is 12.1 Å². The van der Waals surface area contributed by atoms with Crippen molar-refractivity contribution in [3.63, 3.8) is 0 Å². The van der Waals surface area contributed by atoms with Crippen LogP contribution in [0, 0.1) is 5.92 Å². The van der Waals surface area contributed by atoms with E-state index in [-0.39, 0.29) is 18.1 Å². The van der Waals surface area contributed by atoms with Gasteiger partial charge in [-0.15, -0.1) is 0 Å². The second-order valence-electron chi connectivity index (χ2n) is 7.06. The van der Waals surface area contributed by atoms with Crippen molar-refractivity contribution in [1.29, 1.82) is 0 Å². The first kappa shape index (κ1) is 28.5. The molecule has 0 aliphatic rings. The summed E-state index contributed by atoms with van der Waals surface area (Å²) in [6, 6.07) is -4.37. The van der Waals surface area contributed by atoms with Gasteiger partial charge in [-0.3, -0.25) is 14.4 Å². The van der Waals surface area contributed by atoms with Crippen LogP contribution in [-0.4, -0.2) is 81.9 Å². The fourth-order valence-corrected chi connectivity index (χ4v) is 3.12. The first-order valence-electron chi connectivity index (χ1n) is 9.67. The van der Waals surface area contributed by atoms with Crippen molar-refractivity contribution in [1.82, 2.24) is 16.0 Å². The first-order chi connectivity index (χ1) is 14.0. The van der Waals surface area contributed by atoms with E-state index in [2.05, 4.69) is 28.6 Å². The topological polar surface area (TPSA) is 171 Å². The highest BCUT2D eigenvalue weighted by Gasteiger charge is 2.31. The zero-order valence-corrected chi connectivity index (χ0v) is 19.5. The largest absolute Gasteiger partial charge is 0.480 e. The molecular weight excluding hydrogens is 432 g/mol. The Morgan fingerprint density at radius 1 is 1.03 bits per heavy atom. The molecule has 0 aromatic carbocycles. The molecule has 30 heavy (non-hydrogen) atoms. The smallest absolute Gasteiger partial charge is 0.328 e. The Hall–Kier alpha value is -1.50. The van der Waals surface area contributed by atoms with E-state index in [9.17, 15) is 24.3 Å². The monoisotopic (exact) mass is 466 g/mol. The average molecular weight is 467 g/mol. The maximum atomic E-state index is 12.6. The van der Waals surface area contributed by atoms with Crippen LogP contribution in [0.2, 0.25) is 0 Å². The lowest BCUT2D eigenvalue weighted by Crippen LogP contribution is -2.59. The van der Waals surface area contributed by atoms with Crippen molar-refractivity contribution >= 4 is 48.1 Å². The van der Waals surface area contributed by atoms with Gasteiger partial charge >= 0.3 is 5.97 Å². The number of nitrogens with one attached hydrogen (secondary N) is 3. The van der Waals surface area contributed by atoms with Crippen molar-refractivity contribution in [2.24, 2.45) is 11.7 Å². The minimum atomic E-state index is -1.51. The summed E-state index contributed by atoms with van der Waals surface area (Å²) in [5.74, 6) is -2.86. The number of carbonyl (C=O) groups excluding carboxylic acids is 3. The van der Waals surface area contributed by atoms with Gasteiger partial charge in [0, 0.05) is 5.75 Å². The van der Waals surface area contributed by atoms with Gasteiger partial charge in [-0.05, 0) is 31.3 Å². The predicted octanol–water partition coefficient (Wildman–Crippen LogP) is -1.04. The minimum Gasteiger partial charge on any atom is -0.480 e. The van der Waals surface area contributed by atoms with Crippen molar-refractivity contribution in [3.05, 3.63) is 0 Å². The van der Waals surface area contributed by atoms with Crippen LogP contribution < -0.4 is 21.7 Å². The number of carboxylic acid groups (broad SMARTS) is 1. The Labute approximate surface area is 186 Å². The van der Waals surface area contributed by atoms with Crippen LogP contribution in [-0.2, 0) is 19.2 Å². The molecular formula is C18H34N4O6S2. The predicted molar refractivity (Wildman–Crippen MR) is 119 cm³/mol. The number of carboxylic acids is 1. The second kappa shape index (κ2) is 14.5. The lowest BCUT2D eigenvalue weighted by atomic mass is 9.99. The first-order valence-corrected chi connectivity index (χ1v) is 11.7. The summed E-state index contributed by atoms with van der Waals surface area (Å²) in [5, 5.41) is 26.0. The molecule has 0 heterocycles. The fourth-order valence-electron chi connectivity index (χ4n) is 2.39. The molecule has 6 unspecified atom stereocenters. The van der Waals surface area contributed by atoms with Gasteiger partial charge in [0.2, 0.25) is 17.7 Å². The molecule has 0 aliphatic heterocycles. The third-order valence-corrected chi connectivity index (χ3v) is 5.67. The van der Waals surface area contributed by atoms with Crippen molar-refractivity contribution in [2.75, 3.05) is 17.8 Å². The van der Waals surface area contributed by atoms with E-state index in [1.807, 2.05) is 20.1 Å².